The Morgan fingerprint density at radius 3 is 2.61 bits per heavy atom. The summed E-state index contributed by atoms with van der Waals surface area (Å²) in [7, 11) is 0. The molecule has 1 aliphatic heterocycles. The number of hydrogen-bond acceptors (Lipinski definition) is 5. The Morgan fingerprint density at radius 2 is 1.88 bits per heavy atom. The number of ether oxygens (including phenoxy) is 2. The SMILES string of the molecule is C[C@H](C(=O)NC1CCCCC1)N1C(=O)COc2ccc(C(=O)COc3ccc(F)cc3)cc21. The van der Waals surface area contributed by atoms with Crippen LogP contribution in [0.2, 0.25) is 0 Å². The zero-order chi connectivity index (χ0) is 23.4. The summed E-state index contributed by atoms with van der Waals surface area (Å²) in [5.74, 6) is -0.478. The molecule has 1 heterocycles. The Labute approximate surface area is 191 Å². The topological polar surface area (TPSA) is 84.9 Å². The highest BCUT2D eigenvalue weighted by molar-refractivity contribution is 6.05. The number of halogens is 1. The molecular weight excluding hydrogens is 427 g/mol. The van der Waals surface area contributed by atoms with E-state index >= 15 is 0 Å². The van der Waals surface area contributed by atoms with Crippen molar-refractivity contribution in [2.75, 3.05) is 18.1 Å². The van der Waals surface area contributed by atoms with Gasteiger partial charge in [-0.15, -0.1) is 0 Å². The van der Waals surface area contributed by atoms with Gasteiger partial charge in [-0.3, -0.25) is 19.3 Å². The summed E-state index contributed by atoms with van der Waals surface area (Å²) >= 11 is 0. The van der Waals surface area contributed by atoms with Gasteiger partial charge in [0, 0.05) is 11.6 Å². The van der Waals surface area contributed by atoms with Crippen LogP contribution in [0.25, 0.3) is 0 Å². The summed E-state index contributed by atoms with van der Waals surface area (Å²) < 4.78 is 24.0. The van der Waals surface area contributed by atoms with E-state index in [-0.39, 0.29) is 36.9 Å². The molecule has 0 bridgehead atoms. The van der Waals surface area contributed by atoms with E-state index in [1.165, 1.54) is 35.6 Å². The molecule has 1 N–H and O–H groups in total. The number of rotatable bonds is 7. The number of anilines is 1. The van der Waals surface area contributed by atoms with Crippen molar-refractivity contribution in [1.82, 2.24) is 5.32 Å². The number of carbonyl (C=O) groups excluding carboxylic acids is 3. The summed E-state index contributed by atoms with van der Waals surface area (Å²) in [6.07, 6.45) is 5.24. The van der Waals surface area contributed by atoms with Crippen molar-refractivity contribution in [3.05, 3.63) is 53.8 Å². The monoisotopic (exact) mass is 454 g/mol. The van der Waals surface area contributed by atoms with Crippen LogP contribution in [0.1, 0.15) is 49.4 Å². The molecule has 2 aromatic rings. The van der Waals surface area contributed by atoms with E-state index in [1.54, 1.807) is 25.1 Å². The van der Waals surface area contributed by atoms with Crippen molar-refractivity contribution in [2.45, 2.75) is 51.1 Å². The zero-order valence-corrected chi connectivity index (χ0v) is 18.5. The second kappa shape index (κ2) is 10.0. The first-order valence-electron chi connectivity index (χ1n) is 11.2. The molecule has 0 unspecified atom stereocenters. The fourth-order valence-corrected chi connectivity index (χ4v) is 4.22. The van der Waals surface area contributed by atoms with Gasteiger partial charge in [0.05, 0.1) is 5.69 Å². The molecule has 0 radical (unpaired) electrons. The highest BCUT2D eigenvalue weighted by Crippen LogP contribution is 2.34. The number of nitrogens with one attached hydrogen (secondary N) is 1. The average molecular weight is 454 g/mol. The molecule has 2 aliphatic rings. The molecule has 174 valence electrons. The van der Waals surface area contributed by atoms with Gasteiger partial charge >= 0.3 is 0 Å². The Balaban J connectivity index is 1.48. The molecular formula is C25H27FN2O5. The maximum absolute atomic E-state index is 13.0. The number of amides is 2. The van der Waals surface area contributed by atoms with E-state index in [2.05, 4.69) is 5.32 Å². The van der Waals surface area contributed by atoms with Crippen molar-refractivity contribution in [1.29, 1.82) is 0 Å². The predicted molar refractivity (Wildman–Crippen MR) is 120 cm³/mol. The number of hydrogen-bond donors (Lipinski definition) is 1. The maximum atomic E-state index is 13.0. The summed E-state index contributed by atoms with van der Waals surface area (Å²) in [4.78, 5) is 39.7. The minimum Gasteiger partial charge on any atom is -0.485 e. The minimum absolute atomic E-state index is 0.126. The second-order valence-electron chi connectivity index (χ2n) is 8.42. The summed E-state index contributed by atoms with van der Waals surface area (Å²) in [5, 5.41) is 3.06. The molecule has 0 spiro atoms. The summed E-state index contributed by atoms with van der Waals surface area (Å²) in [5.41, 5.74) is 0.698. The fraction of sp³-hybridized carbons (Fsp3) is 0.400. The first-order chi connectivity index (χ1) is 15.9. The smallest absolute Gasteiger partial charge is 0.265 e. The van der Waals surface area contributed by atoms with Crippen molar-refractivity contribution >= 4 is 23.3 Å². The lowest BCUT2D eigenvalue weighted by Gasteiger charge is -2.34. The quantitative estimate of drug-likeness (QED) is 0.646. The highest BCUT2D eigenvalue weighted by Gasteiger charge is 2.34. The highest BCUT2D eigenvalue weighted by atomic mass is 19.1. The van der Waals surface area contributed by atoms with E-state index in [1.807, 2.05) is 0 Å². The molecule has 1 saturated carbocycles. The van der Waals surface area contributed by atoms with Crippen LogP contribution in [0.4, 0.5) is 10.1 Å². The van der Waals surface area contributed by atoms with E-state index in [0.717, 1.165) is 25.7 Å². The van der Waals surface area contributed by atoms with Crippen LogP contribution in [0.3, 0.4) is 0 Å². The van der Waals surface area contributed by atoms with Gasteiger partial charge in [0.15, 0.2) is 19.0 Å². The maximum Gasteiger partial charge on any atom is 0.265 e. The van der Waals surface area contributed by atoms with Crippen LogP contribution in [-0.4, -0.2) is 42.9 Å². The lowest BCUT2D eigenvalue weighted by atomic mass is 9.95. The number of benzene rings is 2. The van der Waals surface area contributed by atoms with Crippen LogP contribution < -0.4 is 19.7 Å². The van der Waals surface area contributed by atoms with E-state index in [4.69, 9.17) is 9.47 Å². The van der Waals surface area contributed by atoms with Crippen molar-refractivity contribution < 1.29 is 28.2 Å². The van der Waals surface area contributed by atoms with Gasteiger partial charge in [-0.1, -0.05) is 19.3 Å². The summed E-state index contributed by atoms with van der Waals surface area (Å²) in [6, 6.07) is 9.52. The molecule has 7 nitrogen and oxygen atoms in total. The third-order valence-electron chi connectivity index (χ3n) is 6.06. The molecule has 2 amide bonds. The average Bonchev–Trinajstić information content (AvgIpc) is 2.83. The first-order valence-corrected chi connectivity index (χ1v) is 11.2. The van der Waals surface area contributed by atoms with Gasteiger partial charge < -0.3 is 14.8 Å². The third-order valence-corrected chi connectivity index (χ3v) is 6.06. The van der Waals surface area contributed by atoms with E-state index in [0.29, 0.717) is 22.7 Å². The van der Waals surface area contributed by atoms with Crippen LogP contribution in [-0.2, 0) is 9.59 Å². The van der Waals surface area contributed by atoms with Gasteiger partial charge in [0.25, 0.3) is 5.91 Å². The van der Waals surface area contributed by atoms with Gasteiger partial charge in [0.1, 0.15) is 23.4 Å². The standard InChI is InChI=1S/C25H27FN2O5/c1-16(25(31)27-19-5-3-2-4-6-19)28-21-13-17(7-12-23(21)33-15-24(28)30)22(29)14-32-20-10-8-18(26)9-11-20/h7-13,16,19H,2-6,14-15H2,1H3,(H,27,31)/t16-/m1/s1. The minimum atomic E-state index is -0.747. The molecule has 8 heteroatoms. The molecule has 2 aromatic carbocycles. The molecule has 33 heavy (non-hydrogen) atoms. The predicted octanol–water partition coefficient (Wildman–Crippen LogP) is 3.65. The van der Waals surface area contributed by atoms with E-state index in [9.17, 15) is 18.8 Å². The largest absolute Gasteiger partial charge is 0.485 e. The Kier molecular flexibility index (Phi) is 6.91. The normalized spacial score (nSPS) is 17.0. The Morgan fingerprint density at radius 1 is 1.15 bits per heavy atom. The third kappa shape index (κ3) is 5.32. The number of ketones is 1. The first kappa shape index (κ1) is 22.8. The second-order valence-corrected chi connectivity index (χ2v) is 8.42. The molecule has 1 aliphatic carbocycles. The Hall–Kier alpha value is -3.42. The van der Waals surface area contributed by atoms with Crippen LogP contribution >= 0.6 is 0 Å². The molecule has 4 rings (SSSR count). The number of fused-ring (bicyclic) bond motifs is 1. The lowest BCUT2D eigenvalue weighted by Crippen LogP contribution is -2.53. The van der Waals surface area contributed by atoms with Crippen LogP contribution in [0.15, 0.2) is 42.5 Å². The van der Waals surface area contributed by atoms with Crippen LogP contribution in [0, 0.1) is 5.82 Å². The van der Waals surface area contributed by atoms with Gasteiger partial charge in [-0.2, -0.15) is 0 Å². The van der Waals surface area contributed by atoms with E-state index < -0.39 is 11.9 Å². The molecule has 1 fully saturated rings. The number of Topliss-reactive ketones (excluding diaryl/α,β-unsaturated/α-hetero) is 1. The van der Waals surface area contributed by atoms with Gasteiger partial charge in [-0.05, 0) is 62.2 Å². The van der Waals surface area contributed by atoms with Gasteiger partial charge in [-0.25, -0.2) is 4.39 Å². The zero-order valence-electron chi connectivity index (χ0n) is 18.5. The van der Waals surface area contributed by atoms with Gasteiger partial charge in [0.2, 0.25) is 5.91 Å². The van der Waals surface area contributed by atoms with Crippen molar-refractivity contribution in [2.24, 2.45) is 0 Å². The lowest BCUT2D eigenvalue weighted by molar-refractivity contribution is -0.128. The number of carbonyl (C=O) groups is 3. The Bertz CT molecular complexity index is 1030. The molecule has 1 atom stereocenters. The molecule has 0 saturated heterocycles. The molecule has 0 aromatic heterocycles. The summed E-state index contributed by atoms with van der Waals surface area (Å²) in [6.45, 7) is 1.25. The van der Waals surface area contributed by atoms with Crippen LogP contribution in [0.5, 0.6) is 11.5 Å². The number of nitrogens with zero attached hydrogens (tertiary/aromatic N) is 1. The van der Waals surface area contributed by atoms with Crippen molar-refractivity contribution in [3.8, 4) is 11.5 Å². The van der Waals surface area contributed by atoms with Crippen molar-refractivity contribution in [3.63, 3.8) is 0 Å². The fourth-order valence-electron chi connectivity index (χ4n) is 4.22.